The average Bonchev–Trinajstić information content (AvgIpc) is 3.21. The normalized spacial score (nSPS) is 20.0. The van der Waals surface area contributed by atoms with Gasteiger partial charge in [0.2, 0.25) is 5.91 Å². The third kappa shape index (κ3) is 3.86. The fourth-order valence-corrected chi connectivity index (χ4v) is 4.83. The van der Waals surface area contributed by atoms with E-state index in [0.29, 0.717) is 43.7 Å². The molecule has 0 radical (unpaired) electrons. The number of carbonyl (C=O) groups is 2. The minimum Gasteiger partial charge on any atom is -0.484 e. The van der Waals surface area contributed by atoms with Gasteiger partial charge in [0.1, 0.15) is 11.4 Å². The van der Waals surface area contributed by atoms with Crippen LogP contribution < -0.4 is 4.74 Å². The van der Waals surface area contributed by atoms with E-state index in [4.69, 9.17) is 4.74 Å². The Morgan fingerprint density at radius 1 is 0.903 bits per heavy atom. The van der Waals surface area contributed by atoms with Crippen molar-refractivity contribution >= 4 is 11.7 Å². The van der Waals surface area contributed by atoms with Crippen LogP contribution >= 0.6 is 0 Å². The topological polar surface area (TPSA) is 46.6 Å². The average molecular weight is 412 g/mol. The third-order valence-corrected chi connectivity index (χ3v) is 6.45. The molecule has 3 aromatic carbocycles. The highest BCUT2D eigenvalue weighted by Gasteiger charge is 2.47. The van der Waals surface area contributed by atoms with Gasteiger partial charge in [-0.1, -0.05) is 72.8 Å². The first-order valence-electron chi connectivity index (χ1n) is 10.8. The summed E-state index contributed by atoms with van der Waals surface area (Å²) in [5.41, 5.74) is 2.31. The molecule has 156 valence electrons. The summed E-state index contributed by atoms with van der Waals surface area (Å²) in [5, 5.41) is 0. The van der Waals surface area contributed by atoms with E-state index in [1.54, 1.807) is 0 Å². The summed E-state index contributed by atoms with van der Waals surface area (Å²) < 4.78 is 6.29. The minimum atomic E-state index is -0.601. The lowest BCUT2D eigenvalue weighted by atomic mass is 9.88. The number of likely N-dealkylation sites (tertiary alicyclic amines) is 1. The monoisotopic (exact) mass is 411 g/mol. The molecule has 2 aliphatic heterocycles. The van der Waals surface area contributed by atoms with E-state index < -0.39 is 5.60 Å². The van der Waals surface area contributed by atoms with Crippen molar-refractivity contribution in [3.8, 4) is 5.75 Å². The van der Waals surface area contributed by atoms with Gasteiger partial charge in [0, 0.05) is 25.3 Å². The van der Waals surface area contributed by atoms with Crippen molar-refractivity contribution in [1.29, 1.82) is 0 Å². The van der Waals surface area contributed by atoms with Gasteiger partial charge in [-0.05, 0) is 23.3 Å². The summed E-state index contributed by atoms with van der Waals surface area (Å²) in [6.07, 6.45) is 1.41. The zero-order chi connectivity index (χ0) is 21.3. The molecule has 4 heteroatoms. The molecule has 1 saturated heterocycles. The van der Waals surface area contributed by atoms with Crippen molar-refractivity contribution < 1.29 is 14.3 Å². The molecule has 3 aromatic rings. The van der Waals surface area contributed by atoms with Gasteiger partial charge >= 0.3 is 0 Å². The Hall–Kier alpha value is -3.40. The molecular formula is C27H25NO3. The van der Waals surface area contributed by atoms with Crippen molar-refractivity contribution in [2.45, 2.75) is 30.8 Å². The molecule has 31 heavy (non-hydrogen) atoms. The molecule has 1 atom stereocenters. The highest BCUT2D eigenvalue weighted by molar-refractivity contribution is 6.00. The van der Waals surface area contributed by atoms with Crippen LogP contribution in [0.3, 0.4) is 0 Å². The van der Waals surface area contributed by atoms with Crippen LogP contribution in [0.5, 0.6) is 5.75 Å². The number of carbonyl (C=O) groups excluding carboxylic acids is 2. The van der Waals surface area contributed by atoms with Crippen molar-refractivity contribution in [3.05, 3.63) is 102 Å². The van der Waals surface area contributed by atoms with E-state index in [0.717, 1.165) is 11.1 Å². The molecule has 1 amide bonds. The van der Waals surface area contributed by atoms with Crippen LogP contribution in [0.25, 0.3) is 0 Å². The second-order valence-corrected chi connectivity index (χ2v) is 8.52. The number of hydrogen-bond acceptors (Lipinski definition) is 3. The molecule has 2 heterocycles. The van der Waals surface area contributed by atoms with Crippen LogP contribution in [0.15, 0.2) is 84.9 Å². The number of Topliss-reactive ketones (excluding diaryl/α,β-unsaturated/α-hetero) is 1. The van der Waals surface area contributed by atoms with Gasteiger partial charge < -0.3 is 9.64 Å². The van der Waals surface area contributed by atoms with Gasteiger partial charge in [-0.25, -0.2) is 0 Å². The second kappa shape index (κ2) is 8.03. The first-order chi connectivity index (χ1) is 15.1. The van der Waals surface area contributed by atoms with Crippen LogP contribution in [0, 0.1) is 0 Å². The van der Waals surface area contributed by atoms with Crippen LogP contribution in [0.2, 0.25) is 0 Å². The fourth-order valence-electron chi connectivity index (χ4n) is 4.83. The van der Waals surface area contributed by atoms with Crippen molar-refractivity contribution in [1.82, 2.24) is 4.90 Å². The first-order valence-corrected chi connectivity index (χ1v) is 10.8. The van der Waals surface area contributed by atoms with Crippen LogP contribution in [0.1, 0.15) is 46.7 Å². The molecule has 0 bridgehead atoms. The maximum atomic E-state index is 13.3. The van der Waals surface area contributed by atoms with E-state index >= 15 is 0 Å². The maximum absolute atomic E-state index is 13.3. The molecule has 0 N–H and O–H groups in total. The number of nitrogens with zero attached hydrogens (tertiary/aromatic N) is 1. The number of amides is 1. The summed E-state index contributed by atoms with van der Waals surface area (Å²) >= 11 is 0. The Morgan fingerprint density at radius 3 is 2.19 bits per heavy atom. The molecule has 0 aliphatic carbocycles. The van der Waals surface area contributed by atoms with Crippen molar-refractivity contribution in [2.75, 3.05) is 13.1 Å². The maximum Gasteiger partial charge on any atom is 0.223 e. The first kappa shape index (κ1) is 19.6. The van der Waals surface area contributed by atoms with Gasteiger partial charge in [0.25, 0.3) is 0 Å². The Bertz CT molecular complexity index is 1060. The number of benzene rings is 3. The summed E-state index contributed by atoms with van der Waals surface area (Å²) in [6.45, 7) is 1.08. The van der Waals surface area contributed by atoms with E-state index in [1.165, 1.54) is 0 Å². The van der Waals surface area contributed by atoms with E-state index in [2.05, 4.69) is 24.3 Å². The van der Waals surface area contributed by atoms with Gasteiger partial charge in [-0.2, -0.15) is 0 Å². The molecule has 1 spiro atoms. The Balaban J connectivity index is 1.34. The predicted molar refractivity (Wildman–Crippen MR) is 119 cm³/mol. The lowest BCUT2D eigenvalue weighted by Crippen LogP contribution is -2.45. The number of ether oxygens (including phenoxy) is 1. The Morgan fingerprint density at radius 2 is 1.52 bits per heavy atom. The third-order valence-electron chi connectivity index (χ3n) is 6.45. The molecular weight excluding hydrogens is 386 g/mol. The lowest BCUT2D eigenvalue weighted by Gasteiger charge is -2.34. The SMILES string of the molecule is O=C1CC2(CCN(C(=O)CC(c3ccccc3)c3ccccc3)C2)Oc2ccccc21. The standard InChI is InChI=1S/C27H25NO3/c29-24-18-27(31-25-14-8-7-13-22(24)25)15-16-28(19-27)26(30)17-23(20-9-3-1-4-10-20)21-11-5-2-6-12-21/h1-14,23H,15-19H2. The molecule has 5 rings (SSSR count). The molecule has 1 unspecified atom stereocenters. The van der Waals surface area contributed by atoms with Crippen molar-refractivity contribution in [3.63, 3.8) is 0 Å². The number of ketones is 1. The minimum absolute atomic E-state index is 0.00100. The van der Waals surface area contributed by atoms with Crippen molar-refractivity contribution in [2.24, 2.45) is 0 Å². The number of fused-ring (bicyclic) bond motifs is 1. The fraction of sp³-hybridized carbons (Fsp3) is 0.259. The molecule has 0 aromatic heterocycles. The quantitative estimate of drug-likeness (QED) is 0.617. The summed E-state index contributed by atoms with van der Waals surface area (Å²) in [7, 11) is 0. The van der Waals surface area contributed by atoms with Gasteiger partial charge in [0.15, 0.2) is 5.78 Å². The summed E-state index contributed by atoms with van der Waals surface area (Å²) in [5.74, 6) is 0.840. The second-order valence-electron chi connectivity index (χ2n) is 8.52. The Labute approximate surface area is 182 Å². The zero-order valence-electron chi connectivity index (χ0n) is 17.4. The van der Waals surface area contributed by atoms with Crippen LogP contribution in [0.4, 0.5) is 0 Å². The van der Waals surface area contributed by atoms with E-state index in [9.17, 15) is 9.59 Å². The zero-order valence-corrected chi connectivity index (χ0v) is 17.4. The van der Waals surface area contributed by atoms with E-state index in [1.807, 2.05) is 65.6 Å². The highest BCUT2D eigenvalue weighted by Crippen LogP contribution is 2.39. The molecule has 0 saturated carbocycles. The van der Waals surface area contributed by atoms with Gasteiger partial charge in [0.05, 0.1) is 18.5 Å². The largest absolute Gasteiger partial charge is 0.484 e. The molecule has 2 aliphatic rings. The van der Waals surface area contributed by atoms with Gasteiger partial charge in [-0.15, -0.1) is 0 Å². The van der Waals surface area contributed by atoms with E-state index in [-0.39, 0.29) is 17.6 Å². The number of hydrogen-bond donors (Lipinski definition) is 0. The lowest BCUT2D eigenvalue weighted by molar-refractivity contribution is -0.131. The summed E-state index contributed by atoms with van der Waals surface area (Å²) in [4.78, 5) is 27.9. The smallest absolute Gasteiger partial charge is 0.223 e. The Kier molecular flexibility index (Phi) is 5.06. The predicted octanol–water partition coefficient (Wildman–Crippen LogP) is 4.85. The number of para-hydroxylation sites is 1. The number of rotatable bonds is 4. The molecule has 4 nitrogen and oxygen atoms in total. The van der Waals surface area contributed by atoms with Crippen LogP contribution in [-0.2, 0) is 4.79 Å². The van der Waals surface area contributed by atoms with Gasteiger partial charge in [-0.3, -0.25) is 9.59 Å². The highest BCUT2D eigenvalue weighted by atomic mass is 16.5. The summed E-state index contributed by atoms with van der Waals surface area (Å²) in [6, 6.07) is 27.8. The molecule has 1 fully saturated rings. The van der Waals surface area contributed by atoms with Crippen LogP contribution in [-0.4, -0.2) is 35.3 Å².